The predicted octanol–water partition coefficient (Wildman–Crippen LogP) is 2.33. The van der Waals surface area contributed by atoms with Gasteiger partial charge in [0, 0.05) is 25.6 Å². The first-order valence-corrected chi connectivity index (χ1v) is 8.28. The molecule has 1 saturated heterocycles. The lowest BCUT2D eigenvalue weighted by atomic mass is 9.93. The summed E-state index contributed by atoms with van der Waals surface area (Å²) in [5, 5.41) is 20.2. The Hall–Kier alpha value is -2.84. The summed E-state index contributed by atoms with van der Waals surface area (Å²) in [5.41, 5.74) is -0.410. The normalized spacial score (nSPS) is 16.8. The summed E-state index contributed by atoms with van der Waals surface area (Å²) in [6.07, 6.45) is 2.10. The molecule has 9 nitrogen and oxygen atoms in total. The van der Waals surface area contributed by atoms with Gasteiger partial charge in [-0.05, 0) is 25.2 Å². The third-order valence-corrected chi connectivity index (χ3v) is 4.50. The molecule has 0 aromatic heterocycles. The Kier molecular flexibility index (Phi) is 6.37. The van der Waals surface area contributed by atoms with Crippen LogP contribution in [0.1, 0.15) is 36.0 Å². The van der Waals surface area contributed by atoms with Crippen molar-refractivity contribution in [2.24, 2.45) is 5.92 Å². The smallest absolute Gasteiger partial charge is 0.303 e. The van der Waals surface area contributed by atoms with E-state index in [1.54, 1.807) is 4.90 Å². The van der Waals surface area contributed by atoms with Crippen LogP contribution in [0.3, 0.4) is 0 Å². The van der Waals surface area contributed by atoms with E-state index in [1.165, 1.54) is 26.4 Å². The van der Waals surface area contributed by atoms with Crippen molar-refractivity contribution in [3.05, 3.63) is 27.8 Å². The van der Waals surface area contributed by atoms with E-state index in [4.69, 9.17) is 14.6 Å². The Morgan fingerprint density at radius 3 is 2.54 bits per heavy atom. The fraction of sp³-hybridized carbons (Fsp3) is 0.529. The molecule has 0 bridgehead atoms. The number of carbonyl (C=O) groups excluding carboxylic acids is 1. The maximum Gasteiger partial charge on any atom is 0.303 e. The number of hydrogen-bond acceptors (Lipinski definition) is 6. The van der Waals surface area contributed by atoms with E-state index in [0.717, 1.165) is 12.8 Å². The molecule has 9 heteroatoms. The third-order valence-electron chi connectivity index (χ3n) is 4.50. The number of nitro groups is 1. The molecule has 1 atom stereocenters. The highest BCUT2D eigenvalue weighted by atomic mass is 16.6. The Bertz CT molecular complexity index is 705. The van der Waals surface area contributed by atoms with Gasteiger partial charge in [-0.15, -0.1) is 0 Å². The van der Waals surface area contributed by atoms with Crippen molar-refractivity contribution >= 4 is 17.6 Å². The number of nitro benzene ring substituents is 1. The molecule has 1 amide bonds. The molecular formula is C17H22N2O7. The molecule has 0 spiro atoms. The van der Waals surface area contributed by atoms with Crippen LogP contribution in [0, 0.1) is 16.0 Å². The molecule has 2 rings (SSSR count). The molecule has 0 saturated carbocycles. The van der Waals surface area contributed by atoms with Gasteiger partial charge in [0.2, 0.25) is 0 Å². The molecule has 26 heavy (non-hydrogen) atoms. The van der Waals surface area contributed by atoms with Crippen LogP contribution in [-0.2, 0) is 4.79 Å². The molecule has 0 aliphatic carbocycles. The average Bonchev–Trinajstić information content (AvgIpc) is 2.64. The summed E-state index contributed by atoms with van der Waals surface area (Å²) in [6, 6.07) is 2.50. The molecule has 1 unspecified atom stereocenters. The zero-order valence-corrected chi connectivity index (χ0v) is 14.8. The number of aliphatic carboxylic acids is 1. The second kappa shape index (κ2) is 8.50. The summed E-state index contributed by atoms with van der Waals surface area (Å²) >= 11 is 0. The molecule has 0 radical (unpaired) electrons. The summed E-state index contributed by atoms with van der Waals surface area (Å²) in [4.78, 5) is 35.9. The molecule has 1 aliphatic heterocycles. The fourth-order valence-electron chi connectivity index (χ4n) is 3.17. The Morgan fingerprint density at radius 1 is 1.31 bits per heavy atom. The number of amides is 1. The molecule has 1 heterocycles. The van der Waals surface area contributed by atoms with Gasteiger partial charge in [-0.1, -0.05) is 0 Å². The van der Waals surface area contributed by atoms with E-state index >= 15 is 0 Å². The van der Waals surface area contributed by atoms with Crippen LogP contribution in [0.15, 0.2) is 12.1 Å². The number of carboxylic acids is 1. The van der Waals surface area contributed by atoms with Crippen molar-refractivity contribution in [1.82, 2.24) is 4.90 Å². The first-order chi connectivity index (χ1) is 12.4. The largest absolute Gasteiger partial charge is 0.493 e. The number of carboxylic acid groups (broad SMARTS) is 1. The standard InChI is InChI=1S/C17H22N2O7/c1-25-14-8-12(13(19(23)24)9-15(14)26-2)17(22)18-7-3-4-11(10-18)5-6-16(20)21/h8-9,11H,3-7,10H2,1-2H3,(H,20,21). The number of nitrogens with zero attached hydrogens (tertiary/aromatic N) is 2. The van der Waals surface area contributed by atoms with Crippen molar-refractivity contribution in [2.75, 3.05) is 27.3 Å². The summed E-state index contributed by atoms with van der Waals surface area (Å²) in [7, 11) is 2.75. The van der Waals surface area contributed by atoms with Gasteiger partial charge in [0.15, 0.2) is 11.5 Å². The number of likely N-dealkylation sites (tertiary alicyclic amines) is 1. The fourth-order valence-corrected chi connectivity index (χ4v) is 3.17. The molecule has 1 fully saturated rings. The van der Waals surface area contributed by atoms with Crippen LogP contribution < -0.4 is 9.47 Å². The van der Waals surface area contributed by atoms with Gasteiger partial charge in [-0.3, -0.25) is 19.7 Å². The second-order valence-corrected chi connectivity index (χ2v) is 6.17. The lowest BCUT2D eigenvalue weighted by Gasteiger charge is -2.32. The zero-order valence-electron chi connectivity index (χ0n) is 14.8. The highest BCUT2D eigenvalue weighted by molar-refractivity contribution is 5.99. The van der Waals surface area contributed by atoms with Crippen LogP contribution in [0.5, 0.6) is 11.5 Å². The van der Waals surface area contributed by atoms with Crippen molar-refractivity contribution in [3.8, 4) is 11.5 Å². The molecular weight excluding hydrogens is 344 g/mol. The molecule has 1 N–H and O–H groups in total. The van der Waals surface area contributed by atoms with Crippen LogP contribution in [0.4, 0.5) is 5.69 Å². The lowest BCUT2D eigenvalue weighted by Crippen LogP contribution is -2.40. The second-order valence-electron chi connectivity index (χ2n) is 6.17. The SMILES string of the molecule is COc1cc(C(=O)N2CCCC(CCC(=O)O)C2)c([N+](=O)[O-])cc1OC. The maximum atomic E-state index is 12.9. The highest BCUT2D eigenvalue weighted by Crippen LogP contribution is 2.35. The number of carbonyl (C=O) groups is 2. The van der Waals surface area contributed by atoms with E-state index in [9.17, 15) is 19.7 Å². The average molecular weight is 366 g/mol. The number of methoxy groups -OCH3 is 2. The lowest BCUT2D eigenvalue weighted by molar-refractivity contribution is -0.385. The van der Waals surface area contributed by atoms with Crippen LogP contribution in [0.25, 0.3) is 0 Å². The van der Waals surface area contributed by atoms with Crippen molar-refractivity contribution < 1.29 is 29.1 Å². The number of hydrogen-bond donors (Lipinski definition) is 1. The van der Waals surface area contributed by atoms with Gasteiger partial charge in [0.25, 0.3) is 11.6 Å². The van der Waals surface area contributed by atoms with Crippen molar-refractivity contribution in [3.63, 3.8) is 0 Å². The highest BCUT2D eigenvalue weighted by Gasteiger charge is 2.31. The molecule has 1 aromatic carbocycles. The number of benzene rings is 1. The van der Waals surface area contributed by atoms with Crippen LogP contribution in [0.2, 0.25) is 0 Å². The van der Waals surface area contributed by atoms with Crippen molar-refractivity contribution in [2.45, 2.75) is 25.7 Å². The van der Waals surface area contributed by atoms with Gasteiger partial charge >= 0.3 is 5.97 Å². The maximum absolute atomic E-state index is 12.9. The van der Waals surface area contributed by atoms with E-state index in [1.807, 2.05) is 0 Å². The summed E-state index contributed by atoms with van der Waals surface area (Å²) < 4.78 is 10.2. The van der Waals surface area contributed by atoms with Gasteiger partial charge in [-0.2, -0.15) is 0 Å². The Balaban J connectivity index is 2.27. The first-order valence-electron chi connectivity index (χ1n) is 8.28. The first kappa shape index (κ1) is 19.5. The molecule has 142 valence electrons. The van der Waals surface area contributed by atoms with Gasteiger partial charge in [0.1, 0.15) is 5.56 Å². The predicted molar refractivity (Wildman–Crippen MR) is 91.7 cm³/mol. The van der Waals surface area contributed by atoms with Crippen LogP contribution >= 0.6 is 0 Å². The number of piperidine rings is 1. The Morgan fingerprint density at radius 2 is 1.96 bits per heavy atom. The topological polar surface area (TPSA) is 119 Å². The molecule has 1 aromatic rings. The quantitative estimate of drug-likeness (QED) is 0.581. The van der Waals surface area contributed by atoms with Crippen molar-refractivity contribution in [1.29, 1.82) is 0 Å². The monoisotopic (exact) mass is 366 g/mol. The van der Waals surface area contributed by atoms with Gasteiger partial charge in [0.05, 0.1) is 25.2 Å². The van der Waals surface area contributed by atoms with E-state index in [0.29, 0.717) is 19.5 Å². The van der Waals surface area contributed by atoms with Gasteiger partial charge < -0.3 is 19.5 Å². The third kappa shape index (κ3) is 4.41. The van der Waals surface area contributed by atoms with Crippen LogP contribution in [-0.4, -0.2) is 54.1 Å². The number of ether oxygens (including phenoxy) is 2. The van der Waals surface area contributed by atoms with E-state index in [-0.39, 0.29) is 35.1 Å². The zero-order chi connectivity index (χ0) is 19.3. The number of rotatable bonds is 7. The summed E-state index contributed by atoms with van der Waals surface area (Å²) in [6.45, 7) is 0.867. The van der Waals surface area contributed by atoms with E-state index in [2.05, 4.69) is 0 Å². The minimum atomic E-state index is -0.871. The van der Waals surface area contributed by atoms with E-state index < -0.39 is 16.8 Å². The summed E-state index contributed by atoms with van der Waals surface area (Å²) in [5.74, 6) is -0.848. The molecule has 1 aliphatic rings. The minimum absolute atomic E-state index is 0.0448. The minimum Gasteiger partial charge on any atom is -0.493 e. The van der Waals surface area contributed by atoms with Gasteiger partial charge in [-0.25, -0.2) is 0 Å². The Labute approximate surface area is 150 Å².